The summed E-state index contributed by atoms with van der Waals surface area (Å²) in [5.41, 5.74) is 5.48. The van der Waals surface area contributed by atoms with E-state index in [1.807, 2.05) is 0 Å². The van der Waals surface area contributed by atoms with E-state index in [1.165, 1.54) is 48.6 Å². The predicted octanol–water partition coefficient (Wildman–Crippen LogP) is 5.84. The number of hydrogen-bond acceptors (Lipinski definition) is 1. The molecule has 38 heavy (non-hydrogen) atoms. The molecule has 0 fully saturated rings. The van der Waals surface area contributed by atoms with E-state index in [-0.39, 0.29) is 0 Å². The second-order valence-corrected chi connectivity index (χ2v) is 14.2. The molecule has 2 heterocycles. The van der Waals surface area contributed by atoms with Gasteiger partial charge in [0.2, 0.25) is 0 Å². The van der Waals surface area contributed by atoms with Crippen LogP contribution in [0.3, 0.4) is 0 Å². The number of dihydropyridines is 1. The predicted molar refractivity (Wildman–Crippen MR) is 165 cm³/mol. The summed E-state index contributed by atoms with van der Waals surface area (Å²) in [4.78, 5) is 0. The molecule has 186 valence electrons. The quantitative estimate of drug-likeness (QED) is 0.265. The molecule has 1 N–H and O–H groups in total. The molecular weight excluding hydrogens is 476 g/mol. The van der Waals surface area contributed by atoms with Crippen LogP contribution in [-0.4, -0.2) is 19.2 Å². The Balaban J connectivity index is 1.58. The second-order valence-electron chi connectivity index (χ2n) is 10.4. The minimum atomic E-state index is -2.56. The number of rotatable bonds is 5. The highest BCUT2D eigenvalue weighted by molar-refractivity contribution is 7.16. The first kappa shape index (κ1) is 23.1. The molecule has 1 aliphatic heterocycles. The molecule has 4 aromatic rings. The Labute approximate surface area is 226 Å². The number of allylic oxidation sites excluding steroid dienone is 7. The van der Waals surface area contributed by atoms with Crippen molar-refractivity contribution >= 4 is 46.3 Å². The highest BCUT2D eigenvalue weighted by Gasteiger charge is 2.42. The van der Waals surface area contributed by atoms with Crippen LogP contribution in [0.25, 0.3) is 22.7 Å². The van der Waals surface area contributed by atoms with Crippen LogP contribution in [0.4, 0.5) is 0 Å². The summed E-state index contributed by atoms with van der Waals surface area (Å²) in [6.07, 6.45) is 23.0. The van der Waals surface area contributed by atoms with Gasteiger partial charge in [-0.2, -0.15) is 0 Å². The van der Waals surface area contributed by atoms with Crippen molar-refractivity contribution in [2.45, 2.75) is 25.7 Å². The van der Waals surface area contributed by atoms with Gasteiger partial charge in [-0.05, 0) is 82.5 Å². The first-order valence-electron chi connectivity index (χ1n) is 13.8. The summed E-state index contributed by atoms with van der Waals surface area (Å²) in [5, 5.41) is 10.5. The van der Waals surface area contributed by atoms with Crippen LogP contribution in [0.2, 0.25) is 0 Å². The topological polar surface area (TPSA) is 17.0 Å². The van der Waals surface area contributed by atoms with E-state index in [0.717, 1.165) is 32.2 Å². The summed E-state index contributed by atoms with van der Waals surface area (Å²) in [7, 11) is -2.56. The Morgan fingerprint density at radius 2 is 1.45 bits per heavy atom. The standard InChI is InChI=1S/C35H32N2Si/c1-4-12-27(13-5-1)37-34-19-11-10-18-32(34)33-21-20-31(26-35(33)37)38(28-14-6-2-7-15-28,29-16-8-3-9-17-29)30-22-24-36-25-23-30/h2-4,6-9,11-17,19-24,26,36H,1,5,10,18,25H2. The average Bonchev–Trinajstić information content (AvgIpc) is 3.33. The number of aryl methyl sites for hydroxylation is 1. The van der Waals surface area contributed by atoms with E-state index in [4.69, 9.17) is 0 Å². The van der Waals surface area contributed by atoms with Crippen LogP contribution in [-0.2, 0) is 6.42 Å². The molecule has 0 saturated heterocycles. The molecular formula is C35H32N2Si. The van der Waals surface area contributed by atoms with Crippen LogP contribution in [0, 0.1) is 0 Å². The van der Waals surface area contributed by atoms with Crippen molar-refractivity contribution in [3.63, 3.8) is 0 Å². The molecule has 3 aromatic carbocycles. The molecule has 0 spiro atoms. The molecule has 0 radical (unpaired) electrons. The molecule has 0 saturated carbocycles. The molecule has 0 unspecified atom stereocenters. The summed E-state index contributed by atoms with van der Waals surface area (Å²) in [5.74, 6) is 0. The van der Waals surface area contributed by atoms with E-state index in [2.05, 4.69) is 137 Å². The number of aromatic nitrogens is 1. The molecule has 0 bridgehead atoms. The maximum absolute atomic E-state index is 3.39. The third-order valence-corrected chi connectivity index (χ3v) is 13.1. The van der Waals surface area contributed by atoms with Crippen molar-refractivity contribution in [2.75, 3.05) is 6.54 Å². The Morgan fingerprint density at radius 3 is 2.13 bits per heavy atom. The van der Waals surface area contributed by atoms with E-state index >= 15 is 0 Å². The third-order valence-electron chi connectivity index (χ3n) is 8.28. The van der Waals surface area contributed by atoms with E-state index in [1.54, 1.807) is 0 Å². The van der Waals surface area contributed by atoms with Gasteiger partial charge < -0.3 is 9.88 Å². The fourth-order valence-corrected chi connectivity index (χ4v) is 11.4. The van der Waals surface area contributed by atoms with Crippen LogP contribution >= 0.6 is 0 Å². The van der Waals surface area contributed by atoms with Crippen LogP contribution < -0.4 is 20.9 Å². The van der Waals surface area contributed by atoms with Gasteiger partial charge in [0.1, 0.15) is 0 Å². The number of nitrogens with one attached hydrogen (secondary N) is 1. The molecule has 0 atom stereocenters. The monoisotopic (exact) mass is 508 g/mol. The third kappa shape index (κ3) is 3.61. The summed E-state index contributed by atoms with van der Waals surface area (Å²) in [6.45, 7) is 0.857. The zero-order valence-electron chi connectivity index (χ0n) is 21.6. The SMILES string of the molecule is C1=CC(n2c3c(c4ccc([Si](C5=CCNC=C5)(c5ccccc5)c5ccccc5)cc42)CCC=C3)=CCC1. The van der Waals surface area contributed by atoms with E-state index < -0.39 is 8.07 Å². The largest absolute Gasteiger partial charge is 0.387 e. The zero-order valence-corrected chi connectivity index (χ0v) is 22.6. The fraction of sp³-hybridized carbons (Fsp3) is 0.143. The van der Waals surface area contributed by atoms with Crippen molar-refractivity contribution in [3.8, 4) is 0 Å². The van der Waals surface area contributed by atoms with Gasteiger partial charge in [0, 0.05) is 23.3 Å². The highest BCUT2D eigenvalue weighted by Crippen LogP contribution is 2.35. The lowest BCUT2D eigenvalue weighted by atomic mass is 10.0. The minimum absolute atomic E-state index is 0.857. The van der Waals surface area contributed by atoms with Gasteiger partial charge in [0.15, 0.2) is 8.07 Å². The Bertz CT molecular complexity index is 1610. The van der Waals surface area contributed by atoms with Gasteiger partial charge in [0.25, 0.3) is 0 Å². The van der Waals surface area contributed by atoms with Crippen molar-refractivity contribution in [1.29, 1.82) is 0 Å². The lowest BCUT2D eigenvalue weighted by molar-refractivity contribution is 0.963. The lowest BCUT2D eigenvalue weighted by Gasteiger charge is -2.36. The average molecular weight is 509 g/mol. The summed E-state index contributed by atoms with van der Waals surface area (Å²) >= 11 is 0. The van der Waals surface area contributed by atoms with E-state index in [9.17, 15) is 0 Å². The van der Waals surface area contributed by atoms with Gasteiger partial charge in [-0.15, -0.1) is 0 Å². The van der Waals surface area contributed by atoms with Gasteiger partial charge >= 0.3 is 0 Å². The smallest absolute Gasteiger partial charge is 0.179 e. The Kier molecular flexibility index (Phi) is 5.86. The molecule has 2 nitrogen and oxygen atoms in total. The minimum Gasteiger partial charge on any atom is -0.387 e. The van der Waals surface area contributed by atoms with Crippen LogP contribution in [0.1, 0.15) is 30.5 Å². The van der Waals surface area contributed by atoms with Gasteiger partial charge in [0.05, 0.1) is 5.52 Å². The molecule has 1 aromatic heterocycles. The van der Waals surface area contributed by atoms with Crippen molar-refractivity contribution in [1.82, 2.24) is 9.88 Å². The van der Waals surface area contributed by atoms with Gasteiger partial charge in [-0.25, -0.2) is 0 Å². The molecule has 3 heteroatoms. The maximum atomic E-state index is 3.39. The second kappa shape index (κ2) is 9.66. The molecule has 2 aliphatic carbocycles. The van der Waals surface area contributed by atoms with Crippen LogP contribution in [0.5, 0.6) is 0 Å². The summed E-state index contributed by atoms with van der Waals surface area (Å²) in [6, 6.07) is 29.9. The molecule has 0 amide bonds. The number of fused-ring (bicyclic) bond motifs is 3. The van der Waals surface area contributed by atoms with E-state index in [0.29, 0.717) is 0 Å². The van der Waals surface area contributed by atoms with Crippen molar-refractivity contribution < 1.29 is 0 Å². The molecule has 3 aliphatic rings. The fourth-order valence-electron chi connectivity index (χ4n) is 6.62. The van der Waals surface area contributed by atoms with Crippen LogP contribution in [0.15, 0.2) is 127 Å². The maximum Gasteiger partial charge on any atom is 0.179 e. The lowest BCUT2D eigenvalue weighted by Crippen LogP contribution is -2.68. The highest BCUT2D eigenvalue weighted by atomic mass is 28.3. The Hall–Kier alpha value is -4.08. The summed E-state index contributed by atoms with van der Waals surface area (Å²) < 4.78 is 2.53. The molecule has 7 rings (SSSR count). The number of nitrogens with zero attached hydrogens (tertiary/aromatic N) is 1. The normalized spacial score (nSPS) is 16.6. The first-order valence-corrected chi connectivity index (χ1v) is 15.8. The van der Waals surface area contributed by atoms with Crippen molar-refractivity contribution in [3.05, 3.63) is 138 Å². The van der Waals surface area contributed by atoms with Crippen molar-refractivity contribution in [2.24, 2.45) is 0 Å². The zero-order chi connectivity index (χ0) is 25.4. The number of benzene rings is 3. The Morgan fingerprint density at radius 1 is 0.684 bits per heavy atom. The van der Waals surface area contributed by atoms with Gasteiger partial charge in [-0.3, -0.25) is 0 Å². The first-order chi connectivity index (χ1) is 18.9. The van der Waals surface area contributed by atoms with Gasteiger partial charge in [-0.1, -0.05) is 97.1 Å². The number of hydrogen-bond donors (Lipinski definition) is 1.